The van der Waals surface area contributed by atoms with Crippen molar-refractivity contribution in [3.05, 3.63) is 0 Å². The average Bonchev–Trinajstić information content (AvgIpc) is 2.70. The van der Waals surface area contributed by atoms with E-state index in [9.17, 15) is 0 Å². The van der Waals surface area contributed by atoms with E-state index in [2.05, 4.69) is 18.5 Å². The molecule has 0 saturated heterocycles. The molecule has 0 aromatic heterocycles. The molecule has 1 saturated carbocycles. The van der Waals surface area contributed by atoms with Crippen LogP contribution in [-0.4, -0.2) is 19.1 Å². The molecule has 2 nitrogen and oxygen atoms in total. The molecule has 3 heteroatoms. The van der Waals surface area contributed by atoms with Crippen LogP contribution in [0.2, 0.25) is 0 Å². The lowest BCUT2D eigenvalue weighted by Crippen LogP contribution is -2.14. The summed E-state index contributed by atoms with van der Waals surface area (Å²) in [5.41, 5.74) is 0. The number of unbranched alkanes of at least 4 members (excludes halogenated alkanes) is 3. The van der Waals surface area contributed by atoms with Gasteiger partial charge in [0, 0.05) is 13.0 Å². The third-order valence-corrected chi connectivity index (χ3v) is 5.90. The van der Waals surface area contributed by atoms with Crippen LogP contribution in [-0.2, 0) is 4.74 Å². The third-order valence-electron chi connectivity index (χ3n) is 5.90. The van der Waals surface area contributed by atoms with E-state index in [1.54, 1.807) is 0 Å². The van der Waals surface area contributed by atoms with Crippen molar-refractivity contribution < 1.29 is 4.74 Å². The van der Waals surface area contributed by atoms with Gasteiger partial charge in [-0.05, 0) is 19.3 Å². The summed E-state index contributed by atoms with van der Waals surface area (Å²) >= 11 is 4.64. The second-order valence-corrected chi connectivity index (χ2v) is 8.43. The van der Waals surface area contributed by atoms with Crippen LogP contribution in [0, 0.1) is 0 Å². The van der Waals surface area contributed by atoms with Gasteiger partial charge in [0.1, 0.15) is 0 Å². The second-order valence-electron chi connectivity index (χ2n) is 8.43. The second kappa shape index (κ2) is 27.2. The van der Waals surface area contributed by atoms with Crippen molar-refractivity contribution >= 4 is 11.6 Å². The number of rotatable bonds is 6. The lowest BCUT2D eigenvalue weighted by atomic mass is 10.00. The van der Waals surface area contributed by atoms with Crippen LogP contribution < -0.4 is 6.15 Å². The Morgan fingerprint density at radius 2 is 0.929 bits per heavy atom. The first-order chi connectivity index (χ1) is 13.4. The fourth-order valence-corrected chi connectivity index (χ4v) is 4.13. The van der Waals surface area contributed by atoms with Crippen LogP contribution in [0.3, 0.4) is 0 Å². The summed E-state index contributed by atoms with van der Waals surface area (Å²) in [4.78, 5) is 0. The fraction of sp³-hybridized carbons (Fsp3) is 1.00. The van der Waals surface area contributed by atoms with Crippen LogP contribution in [0.25, 0.3) is 0 Å². The van der Waals surface area contributed by atoms with Crippen molar-refractivity contribution in [3.63, 3.8) is 0 Å². The maximum absolute atomic E-state index is 6.27. The van der Waals surface area contributed by atoms with E-state index in [1.165, 1.54) is 141 Å². The summed E-state index contributed by atoms with van der Waals surface area (Å²) in [6.45, 7) is 3.29. The molecule has 0 unspecified atom stereocenters. The molecule has 1 fully saturated rings. The van der Waals surface area contributed by atoms with Crippen LogP contribution in [0.1, 0.15) is 142 Å². The number of halogens is 1. The Morgan fingerprint density at radius 3 is 1.29 bits per heavy atom. The standard InChI is InChI=1S/C24H48O.CH3Cl.H3N/c1-2-3-4-20-23-25-24-21-18-16-14-12-10-8-6-5-7-9-11-13-15-17-19-22-24;1-2;/h24H,2-23H2,1H3;1H3;1H3. The van der Waals surface area contributed by atoms with Gasteiger partial charge in [-0.15, -0.1) is 11.6 Å². The minimum Gasteiger partial charge on any atom is -0.378 e. The molecule has 28 heavy (non-hydrogen) atoms. The molecule has 0 heterocycles. The van der Waals surface area contributed by atoms with Crippen molar-refractivity contribution in [1.82, 2.24) is 6.15 Å². The minimum absolute atomic E-state index is 0. The van der Waals surface area contributed by atoms with Gasteiger partial charge in [-0.2, -0.15) is 0 Å². The van der Waals surface area contributed by atoms with E-state index in [-0.39, 0.29) is 6.15 Å². The minimum atomic E-state index is 0. The molecule has 172 valence electrons. The number of alkyl halides is 1. The SMILES string of the molecule is CCCCCCOC1CCCCCCCCCCCCCCCCC1.CCl.N. The van der Waals surface area contributed by atoms with E-state index < -0.39 is 0 Å². The molecule has 1 aliphatic rings. The van der Waals surface area contributed by atoms with E-state index in [4.69, 9.17) is 4.74 Å². The average molecular weight is 420 g/mol. The maximum Gasteiger partial charge on any atom is 0.0575 e. The number of hydrogen-bond donors (Lipinski definition) is 1. The van der Waals surface area contributed by atoms with Crippen molar-refractivity contribution in [2.75, 3.05) is 13.0 Å². The Kier molecular flexibility index (Phi) is 29.5. The summed E-state index contributed by atoms with van der Waals surface area (Å²) in [7, 11) is 0. The van der Waals surface area contributed by atoms with Crippen molar-refractivity contribution in [2.45, 2.75) is 148 Å². The largest absolute Gasteiger partial charge is 0.378 e. The highest BCUT2D eigenvalue weighted by Crippen LogP contribution is 2.19. The molecule has 0 aliphatic heterocycles. The summed E-state index contributed by atoms with van der Waals surface area (Å²) in [6, 6.07) is 0. The molecule has 0 aromatic rings. The number of ether oxygens (including phenoxy) is 1. The zero-order valence-corrected chi connectivity index (χ0v) is 20.4. The lowest BCUT2D eigenvalue weighted by molar-refractivity contribution is 0.0357. The molecule has 1 rings (SSSR count). The zero-order chi connectivity index (χ0) is 19.8. The normalized spacial score (nSPS) is 19.4. The van der Waals surface area contributed by atoms with Crippen molar-refractivity contribution in [1.29, 1.82) is 0 Å². The van der Waals surface area contributed by atoms with Crippen LogP contribution >= 0.6 is 11.6 Å². The third kappa shape index (κ3) is 22.5. The van der Waals surface area contributed by atoms with E-state index >= 15 is 0 Å². The molecular weight excluding hydrogens is 366 g/mol. The Balaban J connectivity index is 0. The van der Waals surface area contributed by atoms with Gasteiger partial charge in [0.25, 0.3) is 0 Å². The van der Waals surface area contributed by atoms with Gasteiger partial charge in [0.15, 0.2) is 0 Å². The molecule has 0 radical (unpaired) electrons. The Labute approximate surface area is 183 Å². The summed E-state index contributed by atoms with van der Waals surface area (Å²) in [5, 5.41) is 0. The quantitative estimate of drug-likeness (QED) is 0.343. The zero-order valence-electron chi connectivity index (χ0n) is 19.6. The van der Waals surface area contributed by atoms with Crippen LogP contribution in [0.5, 0.6) is 0 Å². The summed E-state index contributed by atoms with van der Waals surface area (Å²) < 4.78 is 6.27. The van der Waals surface area contributed by atoms with Gasteiger partial charge in [0.2, 0.25) is 0 Å². The topological polar surface area (TPSA) is 44.2 Å². The smallest absolute Gasteiger partial charge is 0.0575 e. The van der Waals surface area contributed by atoms with E-state index in [0.29, 0.717) is 6.10 Å². The van der Waals surface area contributed by atoms with Crippen LogP contribution in [0.15, 0.2) is 0 Å². The molecular formula is C25H54ClNO. The predicted molar refractivity (Wildman–Crippen MR) is 129 cm³/mol. The molecule has 0 atom stereocenters. The highest BCUT2D eigenvalue weighted by Gasteiger charge is 2.09. The monoisotopic (exact) mass is 419 g/mol. The molecule has 0 amide bonds. The van der Waals surface area contributed by atoms with E-state index in [0.717, 1.165) is 6.61 Å². The van der Waals surface area contributed by atoms with Crippen molar-refractivity contribution in [3.8, 4) is 0 Å². The summed E-state index contributed by atoms with van der Waals surface area (Å²) in [6.07, 6.45) is 31.7. The Hall–Kier alpha value is 0.210. The van der Waals surface area contributed by atoms with E-state index in [1.807, 2.05) is 0 Å². The van der Waals surface area contributed by atoms with Gasteiger partial charge >= 0.3 is 0 Å². The maximum atomic E-state index is 6.27. The molecule has 3 N–H and O–H groups in total. The molecule has 0 bridgehead atoms. The first-order valence-corrected chi connectivity index (χ1v) is 13.2. The Morgan fingerprint density at radius 1 is 0.571 bits per heavy atom. The Bertz CT molecular complexity index is 245. The van der Waals surface area contributed by atoms with Crippen molar-refractivity contribution in [2.24, 2.45) is 0 Å². The first-order valence-electron chi connectivity index (χ1n) is 12.4. The highest BCUT2D eigenvalue weighted by molar-refractivity contribution is 6.15. The lowest BCUT2D eigenvalue weighted by Gasteiger charge is -2.18. The van der Waals surface area contributed by atoms with Crippen LogP contribution in [0.4, 0.5) is 0 Å². The van der Waals surface area contributed by atoms with Gasteiger partial charge in [-0.3, -0.25) is 0 Å². The fourth-order valence-electron chi connectivity index (χ4n) is 4.13. The highest BCUT2D eigenvalue weighted by atomic mass is 35.5. The van der Waals surface area contributed by atoms with Gasteiger partial charge in [-0.1, -0.05) is 122 Å². The van der Waals surface area contributed by atoms with Gasteiger partial charge in [0.05, 0.1) is 6.10 Å². The summed E-state index contributed by atoms with van der Waals surface area (Å²) in [5.74, 6) is 0. The van der Waals surface area contributed by atoms with Gasteiger partial charge in [-0.25, -0.2) is 0 Å². The molecule has 0 spiro atoms. The van der Waals surface area contributed by atoms with Gasteiger partial charge < -0.3 is 10.9 Å². The molecule has 0 aromatic carbocycles. The first kappa shape index (κ1) is 30.4. The predicted octanol–water partition coefficient (Wildman–Crippen LogP) is 9.61. The molecule has 1 aliphatic carbocycles. The number of hydrogen-bond acceptors (Lipinski definition) is 2.